The second-order valence-corrected chi connectivity index (χ2v) is 4.31. The minimum Gasteiger partial charge on any atom is -0.496 e. The van der Waals surface area contributed by atoms with Crippen molar-refractivity contribution < 1.29 is 24.3 Å². The molecule has 0 fully saturated rings. The van der Waals surface area contributed by atoms with Gasteiger partial charge in [-0.25, -0.2) is 4.79 Å². The van der Waals surface area contributed by atoms with E-state index in [1.807, 2.05) is 6.92 Å². The molecular weight excluding hydrogens is 264 g/mol. The number of nitrogens with zero attached hydrogens (tertiary/aromatic N) is 1. The second-order valence-electron chi connectivity index (χ2n) is 4.31. The Balaban J connectivity index is 1.99. The number of benzene rings is 1. The van der Waals surface area contributed by atoms with Crippen LogP contribution in [-0.2, 0) is 14.4 Å². The number of aryl methyl sites for hydroxylation is 1. The maximum Gasteiger partial charge on any atom is 0.353 e. The van der Waals surface area contributed by atoms with Gasteiger partial charge < -0.3 is 20.0 Å². The zero-order valence-corrected chi connectivity index (χ0v) is 11.0. The summed E-state index contributed by atoms with van der Waals surface area (Å²) in [5, 5.41) is 14.8. The van der Waals surface area contributed by atoms with Crippen molar-refractivity contribution in [1.82, 2.24) is 0 Å². The van der Waals surface area contributed by atoms with E-state index in [-0.39, 0.29) is 12.1 Å². The summed E-state index contributed by atoms with van der Waals surface area (Å²) in [5.74, 6) is -0.897. The van der Waals surface area contributed by atoms with Gasteiger partial charge in [0.05, 0.1) is 7.11 Å². The molecule has 0 aromatic heterocycles. The zero-order chi connectivity index (χ0) is 14.7. The highest BCUT2D eigenvalue weighted by Crippen LogP contribution is 2.22. The molecule has 0 saturated carbocycles. The summed E-state index contributed by atoms with van der Waals surface area (Å²) < 4.78 is 5.12. The number of hydrogen-bond acceptors (Lipinski definition) is 5. The predicted octanol–water partition coefficient (Wildman–Crippen LogP) is 1.17. The Morgan fingerprint density at radius 2 is 2.25 bits per heavy atom. The van der Waals surface area contributed by atoms with E-state index in [0.717, 1.165) is 11.3 Å². The molecule has 7 nitrogen and oxygen atoms in total. The number of methoxy groups -OCH3 is 1. The molecule has 1 heterocycles. The van der Waals surface area contributed by atoms with Crippen LogP contribution in [0.5, 0.6) is 5.75 Å². The van der Waals surface area contributed by atoms with E-state index in [1.165, 1.54) is 0 Å². The topological polar surface area (TPSA) is 97.2 Å². The van der Waals surface area contributed by atoms with Crippen molar-refractivity contribution in [2.45, 2.75) is 19.4 Å². The summed E-state index contributed by atoms with van der Waals surface area (Å²) in [7, 11) is 1.57. The first kappa shape index (κ1) is 13.9. The molecule has 2 rings (SSSR count). The van der Waals surface area contributed by atoms with Gasteiger partial charge in [-0.2, -0.15) is 0 Å². The summed E-state index contributed by atoms with van der Waals surface area (Å²) in [5.41, 5.74) is 1.30. The third-order valence-corrected chi connectivity index (χ3v) is 2.87. The third kappa shape index (κ3) is 2.87. The molecule has 1 amide bonds. The molecule has 0 aliphatic carbocycles. The number of ether oxygens (including phenoxy) is 1. The molecule has 7 heteroatoms. The summed E-state index contributed by atoms with van der Waals surface area (Å²) in [4.78, 5) is 27.4. The fraction of sp³-hybridized carbons (Fsp3) is 0.308. The van der Waals surface area contributed by atoms with Crippen LogP contribution in [0, 0.1) is 6.92 Å². The van der Waals surface area contributed by atoms with Crippen LogP contribution in [0.3, 0.4) is 0 Å². The number of rotatable bonds is 4. The highest BCUT2D eigenvalue weighted by molar-refractivity contribution is 6.36. The SMILES string of the molecule is COc1ccc(NC(=O)C2CC(C(=O)O)=NO2)cc1C. The number of anilines is 1. The molecule has 1 atom stereocenters. The number of aliphatic carboxylic acids is 1. The molecule has 0 saturated heterocycles. The number of amides is 1. The van der Waals surface area contributed by atoms with Crippen LogP contribution in [0.25, 0.3) is 0 Å². The molecule has 1 aliphatic heterocycles. The average molecular weight is 278 g/mol. The fourth-order valence-electron chi connectivity index (χ4n) is 1.82. The monoisotopic (exact) mass is 278 g/mol. The lowest BCUT2D eigenvalue weighted by atomic mass is 10.1. The van der Waals surface area contributed by atoms with Crippen LogP contribution >= 0.6 is 0 Å². The largest absolute Gasteiger partial charge is 0.496 e. The first-order chi connectivity index (χ1) is 9.51. The van der Waals surface area contributed by atoms with Gasteiger partial charge >= 0.3 is 5.97 Å². The Morgan fingerprint density at radius 3 is 2.80 bits per heavy atom. The average Bonchev–Trinajstić information content (AvgIpc) is 2.88. The minimum atomic E-state index is -1.18. The van der Waals surface area contributed by atoms with Gasteiger partial charge in [-0.1, -0.05) is 5.16 Å². The Kier molecular flexibility index (Phi) is 3.88. The Hall–Kier alpha value is -2.57. The Labute approximate surface area is 115 Å². The highest BCUT2D eigenvalue weighted by atomic mass is 16.6. The van der Waals surface area contributed by atoms with E-state index >= 15 is 0 Å². The van der Waals surface area contributed by atoms with Gasteiger partial charge in [-0.3, -0.25) is 4.79 Å². The smallest absolute Gasteiger partial charge is 0.353 e. The lowest BCUT2D eigenvalue weighted by Crippen LogP contribution is -2.28. The van der Waals surface area contributed by atoms with Gasteiger partial charge in [0.25, 0.3) is 5.91 Å². The van der Waals surface area contributed by atoms with Crippen LogP contribution in [-0.4, -0.2) is 35.9 Å². The van der Waals surface area contributed by atoms with Gasteiger partial charge in [-0.05, 0) is 30.7 Å². The number of carboxylic acid groups (broad SMARTS) is 1. The number of carboxylic acids is 1. The first-order valence-electron chi connectivity index (χ1n) is 5.92. The van der Waals surface area contributed by atoms with Gasteiger partial charge in [-0.15, -0.1) is 0 Å². The first-order valence-corrected chi connectivity index (χ1v) is 5.92. The number of oxime groups is 1. The molecule has 20 heavy (non-hydrogen) atoms. The van der Waals surface area contributed by atoms with Crippen molar-refractivity contribution in [2.75, 3.05) is 12.4 Å². The van der Waals surface area contributed by atoms with Crippen LogP contribution in [0.2, 0.25) is 0 Å². The summed E-state index contributed by atoms with van der Waals surface area (Å²) in [6, 6.07) is 5.18. The van der Waals surface area contributed by atoms with Crippen molar-refractivity contribution in [2.24, 2.45) is 5.16 Å². The Bertz CT molecular complexity index is 582. The molecule has 1 unspecified atom stereocenters. The number of carbonyl (C=O) groups excluding carboxylic acids is 1. The highest BCUT2D eigenvalue weighted by Gasteiger charge is 2.31. The number of nitrogens with one attached hydrogen (secondary N) is 1. The standard InChI is InChI=1S/C13H14N2O5/c1-7-5-8(3-4-10(7)19-2)14-12(16)11-6-9(13(17)18)15-20-11/h3-5,11H,6H2,1-2H3,(H,14,16)(H,17,18). The predicted molar refractivity (Wildman–Crippen MR) is 70.9 cm³/mol. The van der Waals surface area contributed by atoms with E-state index in [0.29, 0.717) is 5.69 Å². The van der Waals surface area contributed by atoms with E-state index < -0.39 is 18.0 Å². The van der Waals surface area contributed by atoms with Gasteiger partial charge in [0.1, 0.15) is 5.75 Å². The normalized spacial score (nSPS) is 17.1. The van der Waals surface area contributed by atoms with Crippen LogP contribution in [0.1, 0.15) is 12.0 Å². The van der Waals surface area contributed by atoms with Crippen molar-refractivity contribution in [3.8, 4) is 5.75 Å². The molecule has 1 aromatic rings. The van der Waals surface area contributed by atoms with Gasteiger partial charge in [0.15, 0.2) is 5.71 Å². The minimum absolute atomic E-state index is 0.0453. The van der Waals surface area contributed by atoms with E-state index in [4.69, 9.17) is 14.7 Å². The summed E-state index contributed by atoms with van der Waals surface area (Å²) in [6.45, 7) is 1.85. The zero-order valence-electron chi connectivity index (χ0n) is 11.0. The maximum absolute atomic E-state index is 11.9. The van der Waals surface area contributed by atoms with Crippen molar-refractivity contribution in [3.63, 3.8) is 0 Å². The second kappa shape index (κ2) is 5.60. The molecule has 1 aliphatic rings. The lowest BCUT2D eigenvalue weighted by molar-refractivity contribution is -0.129. The van der Waals surface area contributed by atoms with E-state index in [1.54, 1.807) is 25.3 Å². The molecule has 106 valence electrons. The molecule has 2 N–H and O–H groups in total. The van der Waals surface area contributed by atoms with Gasteiger partial charge in [0.2, 0.25) is 6.10 Å². The molecule has 0 bridgehead atoms. The molecule has 0 spiro atoms. The lowest BCUT2D eigenvalue weighted by Gasteiger charge is -2.11. The third-order valence-electron chi connectivity index (χ3n) is 2.87. The number of hydrogen-bond donors (Lipinski definition) is 2. The molecular formula is C13H14N2O5. The van der Waals surface area contributed by atoms with Crippen molar-refractivity contribution >= 4 is 23.3 Å². The molecule has 1 aromatic carbocycles. The van der Waals surface area contributed by atoms with Gasteiger partial charge in [0, 0.05) is 12.1 Å². The molecule has 0 radical (unpaired) electrons. The fourth-order valence-corrected chi connectivity index (χ4v) is 1.82. The number of carbonyl (C=O) groups is 2. The van der Waals surface area contributed by atoms with E-state index in [2.05, 4.69) is 10.5 Å². The van der Waals surface area contributed by atoms with Crippen LogP contribution in [0.4, 0.5) is 5.69 Å². The van der Waals surface area contributed by atoms with Crippen molar-refractivity contribution in [3.05, 3.63) is 23.8 Å². The van der Waals surface area contributed by atoms with Crippen molar-refractivity contribution in [1.29, 1.82) is 0 Å². The van der Waals surface area contributed by atoms with E-state index in [9.17, 15) is 9.59 Å². The maximum atomic E-state index is 11.9. The summed E-state index contributed by atoms with van der Waals surface area (Å²) in [6.07, 6.45) is -0.959. The Morgan fingerprint density at radius 1 is 1.50 bits per heavy atom. The summed E-state index contributed by atoms with van der Waals surface area (Å²) >= 11 is 0. The van der Waals surface area contributed by atoms with Crippen LogP contribution < -0.4 is 10.1 Å². The quantitative estimate of drug-likeness (QED) is 0.861. The van der Waals surface area contributed by atoms with Crippen LogP contribution in [0.15, 0.2) is 23.4 Å².